The van der Waals surface area contributed by atoms with Gasteiger partial charge in [-0.1, -0.05) is 0 Å². The molecule has 0 radical (unpaired) electrons. The number of likely N-dealkylation sites (tertiary alicyclic amines) is 1. The zero-order valence-electron chi connectivity index (χ0n) is 9.53. The second-order valence-electron chi connectivity index (χ2n) is 5.11. The van der Waals surface area contributed by atoms with E-state index in [0.717, 1.165) is 19.3 Å². The van der Waals surface area contributed by atoms with E-state index in [4.69, 9.17) is 5.11 Å². The van der Waals surface area contributed by atoms with Crippen molar-refractivity contribution < 1.29 is 14.7 Å². The first-order valence-electron chi connectivity index (χ1n) is 5.80. The third kappa shape index (κ3) is 2.28. The van der Waals surface area contributed by atoms with Gasteiger partial charge in [0.05, 0.1) is 5.41 Å². The summed E-state index contributed by atoms with van der Waals surface area (Å²) in [6.07, 6.45) is 3.52. The van der Waals surface area contributed by atoms with Crippen LogP contribution in [0.5, 0.6) is 0 Å². The fourth-order valence-electron chi connectivity index (χ4n) is 2.08. The third-order valence-electron chi connectivity index (χ3n) is 3.40. The van der Waals surface area contributed by atoms with E-state index in [9.17, 15) is 9.59 Å². The molecule has 16 heavy (non-hydrogen) atoms. The third-order valence-corrected chi connectivity index (χ3v) is 3.40. The van der Waals surface area contributed by atoms with Gasteiger partial charge in [-0.3, -0.25) is 4.79 Å². The molecule has 2 fully saturated rings. The van der Waals surface area contributed by atoms with E-state index in [1.807, 2.05) is 0 Å². The Hall–Kier alpha value is -1.26. The molecule has 0 aromatic heterocycles. The van der Waals surface area contributed by atoms with Crippen LogP contribution in [0.3, 0.4) is 0 Å². The van der Waals surface area contributed by atoms with Crippen LogP contribution in [0.4, 0.5) is 4.79 Å². The molecule has 2 amide bonds. The van der Waals surface area contributed by atoms with Gasteiger partial charge in [-0.15, -0.1) is 0 Å². The lowest BCUT2D eigenvalue weighted by Crippen LogP contribution is -2.51. The number of carbonyl (C=O) groups excluding carboxylic acids is 1. The van der Waals surface area contributed by atoms with Crippen molar-refractivity contribution in [2.75, 3.05) is 13.1 Å². The highest BCUT2D eigenvalue weighted by molar-refractivity contribution is 5.78. The number of amides is 2. The molecule has 2 rings (SSSR count). The highest BCUT2D eigenvalue weighted by Gasteiger charge is 2.40. The summed E-state index contributed by atoms with van der Waals surface area (Å²) in [5, 5.41) is 12.0. The molecule has 0 bridgehead atoms. The molecule has 5 heteroatoms. The van der Waals surface area contributed by atoms with Crippen LogP contribution in [0, 0.1) is 5.41 Å². The number of rotatable bonds is 2. The molecule has 1 saturated heterocycles. The van der Waals surface area contributed by atoms with Gasteiger partial charge in [0.25, 0.3) is 0 Å². The van der Waals surface area contributed by atoms with Crippen molar-refractivity contribution in [3.63, 3.8) is 0 Å². The zero-order chi connectivity index (χ0) is 11.8. The molecule has 2 N–H and O–H groups in total. The van der Waals surface area contributed by atoms with Gasteiger partial charge in [-0.25, -0.2) is 4.79 Å². The minimum atomic E-state index is -0.809. The number of carbonyl (C=O) groups is 2. The first-order valence-corrected chi connectivity index (χ1v) is 5.80. The smallest absolute Gasteiger partial charge is 0.317 e. The number of hydrogen-bond donors (Lipinski definition) is 2. The van der Waals surface area contributed by atoms with Gasteiger partial charge < -0.3 is 15.3 Å². The van der Waals surface area contributed by atoms with Gasteiger partial charge in [-0.2, -0.15) is 0 Å². The molecular formula is C11H18N2O3. The number of hydrogen-bond acceptors (Lipinski definition) is 2. The molecular weight excluding hydrogens is 208 g/mol. The highest BCUT2D eigenvalue weighted by Crippen LogP contribution is 2.30. The van der Waals surface area contributed by atoms with Gasteiger partial charge in [-0.05, 0) is 32.6 Å². The summed E-state index contributed by atoms with van der Waals surface area (Å²) in [5.74, 6) is -0.809. The molecule has 0 spiro atoms. The molecule has 0 aromatic carbocycles. The van der Waals surface area contributed by atoms with Gasteiger partial charge in [0.15, 0.2) is 0 Å². The van der Waals surface area contributed by atoms with E-state index < -0.39 is 11.4 Å². The van der Waals surface area contributed by atoms with Gasteiger partial charge in [0.1, 0.15) is 0 Å². The second-order valence-corrected chi connectivity index (χ2v) is 5.11. The van der Waals surface area contributed by atoms with Crippen molar-refractivity contribution in [2.45, 2.75) is 38.6 Å². The Bertz CT molecular complexity index is 314. The standard InChI is InChI=1S/C11H18N2O3/c1-11(9(14)15)5-2-6-13(7-11)10(16)12-8-3-4-8/h8H,2-7H2,1H3,(H,12,16)(H,14,15). The Kier molecular flexibility index (Phi) is 2.78. The Labute approximate surface area is 94.8 Å². The Morgan fingerprint density at radius 3 is 2.69 bits per heavy atom. The predicted molar refractivity (Wildman–Crippen MR) is 58.1 cm³/mol. The number of nitrogens with zero attached hydrogens (tertiary/aromatic N) is 1. The van der Waals surface area contributed by atoms with Crippen LogP contribution in [-0.2, 0) is 4.79 Å². The number of carboxylic acid groups (broad SMARTS) is 1. The first kappa shape index (κ1) is 11.2. The van der Waals surface area contributed by atoms with E-state index >= 15 is 0 Å². The van der Waals surface area contributed by atoms with Crippen molar-refractivity contribution in [2.24, 2.45) is 5.41 Å². The molecule has 0 aromatic rings. The number of piperidine rings is 1. The van der Waals surface area contributed by atoms with E-state index in [1.165, 1.54) is 0 Å². The van der Waals surface area contributed by atoms with Crippen molar-refractivity contribution in [1.29, 1.82) is 0 Å². The van der Waals surface area contributed by atoms with E-state index in [2.05, 4.69) is 5.32 Å². The Morgan fingerprint density at radius 1 is 1.44 bits per heavy atom. The minimum absolute atomic E-state index is 0.102. The monoisotopic (exact) mass is 226 g/mol. The van der Waals surface area contributed by atoms with Crippen LogP contribution in [0.15, 0.2) is 0 Å². The fourth-order valence-corrected chi connectivity index (χ4v) is 2.08. The summed E-state index contributed by atoms with van der Waals surface area (Å²) in [4.78, 5) is 24.5. The SMILES string of the molecule is CC1(C(=O)O)CCCN(C(=O)NC2CC2)C1. The summed E-state index contributed by atoms with van der Waals surface area (Å²) in [5.41, 5.74) is -0.779. The number of aliphatic carboxylic acids is 1. The summed E-state index contributed by atoms with van der Waals surface area (Å²) < 4.78 is 0. The lowest BCUT2D eigenvalue weighted by molar-refractivity contribution is -0.150. The largest absolute Gasteiger partial charge is 0.481 e. The van der Waals surface area contributed by atoms with Gasteiger partial charge in [0, 0.05) is 19.1 Å². The molecule has 2 aliphatic rings. The van der Waals surface area contributed by atoms with E-state index in [-0.39, 0.29) is 6.03 Å². The Morgan fingerprint density at radius 2 is 2.12 bits per heavy atom. The molecule has 1 heterocycles. The molecule has 1 saturated carbocycles. The predicted octanol–water partition coefficient (Wildman–Crippen LogP) is 1.05. The average molecular weight is 226 g/mol. The van der Waals surface area contributed by atoms with Crippen LogP contribution in [0.25, 0.3) is 0 Å². The number of carboxylic acids is 1. The molecule has 1 aliphatic heterocycles. The summed E-state index contributed by atoms with van der Waals surface area (Å²) >= 11 is 0. The molecule has 90 valence electrons. The minimum Gasteiger partial charge on any atom is -0.481 e. The average Bonchev–Trinajstić information content (AvgIpc) is 3.01. The molecule has 1 atom stereocenters. The van der Waals surface area contributed by atoms with Crippen LogP contribution < -0.4 is 5.32 Å². The summed E-state index contributed by atoms with van der Waals surface area (Å²) in [6.45, 7) is 2.70. The van der Waals surface area contributed by atoms with Crippen molar-refractivity contribution in [1.82, 2.24) is 10.2 Å². The summed E-state index contributed by atoms with van der Waals surface area (Å²) in [6, 6.07) is 0.222. The quantitative estimate of drug-likeness (QED) is 0.739. The van der Waals surface area contributed by atoms with Gasteiger partial charge in [0.2, 0.25) is 0 Å². The van der Waals surface area contributed by atoms with Crippen LogP contribution in [0.2, 0.25) is 0 Å². The van der Waals surface area contributed by atoms with Crippen molar-refractivity contribution >= 4 is 12.0 Å². The maximum atomic E-state index is 11.8. The van der Waals surface area contributed by atoms with Crippen LogP contribution in [0.1, 0.15) is 32.6 Å². The number of nitrogens with one attached hydrogen (secondary N) is 1. The summed E-state index contributed by atoms with van der Waals surface area (Å²) in [7, 11) is 0. The topological polar surface area (TPSA) is 69.6 Å². The van der Waals surface area contributed by atoms with E-state index in [1.54, 1.807) is 11.8 Å². The normalized spacial score (nSPS) is 29.9. The first-order chi connectivity index (χ1) is 7.51. The van der Waals surface area contributed by atoms with Gasteiger partial charge >= 0.3 is 12.0 Å². The lowest BCUT2D eigenvalue weighted by atomic mass is 9.82. The maximum Gasteiger partial charge on any atom is 0.317 e. The lowest BCUT2D eigenvalue weighted by Gasteiger charge is -2.37. The number of urea groups is 1. The van der Waals surface area contributed by atoms with Crippen molar-refractivity contribution in [3.05, 3.63) is 0 Å². The van der Waals surface area contributed by atoms with Crippen LogP contribution in [-0.4, -0.2) is 41.1 Å². The second kappa shape index (κ2) is 3.96. The zero-order valence-corrected chi connectivity index (χ0v) is 9.53. The molecule has 5 nitrogen and oxygen atoms in total. The highest BCUT2D eigenvalue weighted by atomic mass is 16.4. The van der Waals surface area contributed by atoms with Crippen LogP contribution >= 0.6 is 0 Å². The van der Waals surface area contributed by atoms with E-state index in [0.29, 0.717) is 25.6 Å². The molecule has 1 aliphatic carbocycles. The molecule has 1 unspecified atom stereocenters. The maximum absolute atomic E-state index is 11.8. The fraction of sp³-hybridized carbons (Fsp3) is 0.818. The Balaban J connectivity index is 1.94. The van der Waals surface area contributed by atoms with Crippen molar-refractivity contribution in [3.8, 4) is 0 Å².